The molecule has 0 aliphatic carbocycles. The van der Waals surface area contributed by atoms with Crippen LogP contribution in [0, 0.1) is 5.92 Å². The van der Waals surface area contributed by atoms with E-state index >= 15 is 0 Å². The number of carboxylic acids is 1. The Labute approximate surface area is 134 Å². The van der Waals surface area contributed by atoms with E-state index < -0.39 is 5.97 Å². The first kappa shape index (κ1) is 15.2. The van der Waals surface area contributed by atoms with Gasteiger partial charge in [0.15, 0.2) is 0 Å². The van der Waals surface area contributed by atoms with Gasteiger partial charge in [-0.05, 0) is 25.3 Å². The van der Waals surface area contributed by atoms with E-state index in [9.17, 15) is 9.90 Å². The van der Waals surface area contributed by atoms with Crippen molar-refractivity contribution in [3.05, 3.63) is 16.8 Å². The largest absolute Gasteiger partial charge is 0.481 e. The highest BCUT2D eigenvalue weighted by molar-refractivity contribution is 7.18. The van der Waals surface area contributed by atoms with Crippen molar-refractivity contribution >= 4 is 33.3 Å². The van der Waals surface area contributed by atoms with Crippen molar-refractivity contribution in [3.8, 4) is 0 Å². The third-order valence-electron chi connectivity index (χ3n) is 4.20. The standard InChI is InChI=1S/C16H21N3O2S/c1-3-11-8-12-14(17-13(4-2)18-15(12)22-11)19-7-5-6-10(9-19)16(20)21/h8,10H,3-7,9H2,1-2H3,(H,20,21). The molecule has 0 saturated carbocycles. The number of piperidine rings is 1. The highest BCUT2D eigenvalue weighted by Crippen LogP contribution is 2.33. The number of thiophene rings is 1. The summed E-state index contributed by atoms with van der Waals surface area (Å²) in [6.45, 7) is 5.60. The molecule has 3 rings (SSSR count). The predicted molar refractivity (Wildman–Crippen MR) is 88.7 cm³/mol. The molecule has 0 bridgehead atoms. The third kappa shape index (κ3) is 2.79. The van der Waals surface area contributed by atoms with Crippen molar-refractivity contribution in [2.45, 2.75) is 39.5 Å². The quantitative estimate of drug-likeness (QED) is 0.938. The Morgan fingerprint density at radius 3 is 2.91 bits per heavy atom. The zero-order chi connectivity index (χ0) is 15.7. The van der Waals surface area contributed by atoms with Crippen LogP contribution in [0.25, 0.3) is 10.2 Å². The van der Waals surface area contributed by atoms with Crippen molar-refractivity contribution in [3.63, 3.8) is 0 Å². The van der Waals surface area contributed by atoms with Crippen LogP contribution in [0.5, 0.6) is 0 Å². The second-order valence-corrected chi connectivity index (χ2v) is 6.84. The molecule has 0 radical (unpaired) electrons. The van der Waals surface area contributed by atoms with Gasteiger partial charge < -0.3 is 10.0 Å². The molecule has 5 nitrogen and oxygen atoms in total. The molecule has 1 unspecified atom stereocenters. The Morgan fingerprint density at radius 2 is 2.23 bits per heavy atom. The van der Waals surface area contributed by atoms with Crippen LogP contribution in [0.15, 0.2) is 6.07 Å². The molecule has 1 aliphatic heterocycles. The lowest BCUT2D eigenvalue weighted by molar-refractivity contribution is -0.141. The topological polar surface area (TPSA) is 66.3 Å². The SMILES string of the molecule is CCc1nc(N2CCCC(C(=O)O)C2)c2cc(CC)sc2n1. The predicted octanol–water partition coefficient (Wildman–Crippen LogP) is 3.12. The molecular weight excluding hydrogens is 298 g/mol. The van der Waals surface area contributed by atoms with E-state index in [0.29, 0.717) is 6.54 Å². The Hall–Kier alpha value is -1.69. The smallest absolute Gasteiger partial charge is 0.308 e. The number of fused-ring (bicyclic) bond motifs is 1. The van der Waals surface area contributed by atoms with Crippen molar-refractivity contribution in [1.82, 2.24) is 9.97 Å². The van der Waals surface area contributed by atoms with Gasteiger partial charge in [0, 0.05) is 24.4 Å². The Morgan fingerprint density at radius 1 is 1.41 bits per heavy atom. The summed E-state index contributed by atoms with van der Waals surface area (Å²) < 4.78 is 0. The maximum atomic E-state index is 11.3. The number of aliphatic carboxylic acids is 1. The molecule has 0 amide bonds. The number of aryl methyl sites for hydroxylation is 2. The monoisotopic (exact) mass is 319 g/mol. The van der Waals surface area contributed by atoms with Gasteiger partial charge in [0.25, 0.3) is 0 Å². The van der Waals surface area contributed by atoms with Gasteiger partial charge in [-0.2, -0.15) is 0 Å². The molecule has 1 N–H and O–H groups in total. The fraction of sp³-hybridized carbons (Fsp3) is 0.562. The van der Waals surface area contributed by atoms with Crippen LogP contribution >= 0.6 is 11.3 Å². The lowest BCUT2D eigenvalue weighted by Gasteiger charge is -2.32. The summed E-state index contributed by atoms with van der Waals surface area (Å²) >= 11 is 1.72. The van der Waals surface area contributed by atoms with Gasteiger partial charge in [0.2, 0.25) is 0 Å². The van der Waals surface area contributed by atoms with Gasteiger partial charge in [0.05, 0.1) is 11.3 Å². The minimum Gasteiger partial charge on any atom is -0.481 e. The lowest BCUT2D eigenvalue weighted by Crippen LogP contribution is -2.39. The van der Waals surface area contributed by atoms with Crippen molar-refractivity contribution < 1.29 is 9.90 Å². The van der Waals surface area contributed by atoms with Crippen molar-refractivity contribution in [1.29, 1.82) is 0 Å². The van der Waals surface area contributed by atoms with Crippen LogP contribution in [0.4, 0.5) is 5.82 Å². The Bertz CT molecular complexity index is 698. The van der Waals surface area contributed by atoms with Crippen molar-refractivity contribution in [2.75, 3.05) is 18.0 Å². The molecule has 2 aromatic heterocycles. The zero-order valence-electron chi connectivity index (χ0n) is 13.0. The molecule has 3 heterocycles. The van der Waals surface area contributed by atoms with Crippen LogP contribution in [-0.4, -0.2) is 34.1 Å². The second-order valence-electron chi connectivity index (χ2n) is 5.73. The van der Waals surface area contributed by atoms with Crippen LogP contribution in [-0.2, 0) is 17.6 Å². The summed E-state index contributed by atoms with van der Waals surface area (Å²) in [6, 6.07) is 2.17. The number of rotatable bonds is 4. The summed E-state index contributed by atoms with van der Waals surface area (Å²) in [6.07, 6.45) is 3.43. The van der Waals surface area contributed by atoms with E-state index in [-0.39, 0.29) is 5.92 Å². The zero-order valence-corrected chi connectivity index (χ0v) is 13.8. The minimum atomic E-state index is -0.703. The molecule has 1 fully saturated rings. The van der Waals surface area contributed by atoms with Crippen LogP contribution in [0.2, 0.25) is 0 Å². The van der Waals surface area contributed by atoms with Gasteiger partial charge in [-0.1, -0.05) is 13.8 Å². The number of anilines is 1. The molecule has 0 aromatic carbocycles. The summed E-state index contributed by atoms with van der Waals surface area (Å²) in [7, 11) is 0. The van der Waals surface area contributed by atoms with Crippen LogP contribution in [0.1, 0.15) is 37.4 Å². The van der Waals surface area contributed by atoms with Gasteiger partial charge in [-0.3, -0.25) is 4.79 Å². The molecule has 1 saturated heterocycles. The summed E-state index contributed by atoms with van der Waals surface area (Å²) in [5, 5.41) is 10.4. The summed E-state index contributed by atoms with van der Waals surface area (Å²) in [5.74, 6) is 0.756. The number of aromatic nitrogens is 2. The molecule has 0 spiro atoms. The molecule has 1 aliphatic rings. The minimum absolute atomic E-state index is 0.298. The third-order valence-corrected chi connectivity index (χ3v) is 5.38. The first-order valence-electron chi connectivity index (χ1n) is 7.89. The molecule has 2 aromatic rings. The molecule has 118 valence electrons. The lowest BCUT2D eigenvalue weighted by atomic mass is 9.98. The molecular formula is C16H21N3O2S. The van der Waals surface area contributed by atoms with Gasteiger partial charge in [-0.15, -0.1) is 11.3 Å². The van der Waals surface area contributed by atoms with E-state index in [2.05, 4.69) is 29.8 Å². The average Bonchev–Trinajstić information content (AvgIpc) is 2.97. The maximum absolute atomic E-state index is 11.3. The van der Waals surface area contributed by atoms with Gasteiger partial charge in [0.1, 0.15) is 16.5 Å². The fourth-order valence-electron chi connectivity index (χ4n) is 2.94. The average molecular weight is 319 g/mol. The first-order valence-corrected chi connectivity index (χ1v) is 8.71. The maximum Gasteiger partial charge on any atom is 0.308 e. The number of carboxylic acid groups (broad SMARTS) is 1. The number of nitrogens with zero attached hydrogens (tertiary/aromatic N) is 3. The summed E-state index contributed by atoms with van der Waals surface area (Å²) in [4.78, 5) is 25.1. The normalized spacial score (nSPS) is 18.8. The van der Waals surface area contributed by atoms with E-state index in [1.807, 2.05) is 0 Å². The molecule has 1 atom stereocenters. The van der Waals surface area contributed by atoms with E-state index in [0.717, 1.165) is 54.1 Å². The molecule has 6 heteroatoms. The highest BCUT2D eigenvalue weighted by Gasteiger charge is 2.27. The fourth-order valence-corrected chi connectivity index (χ4v) is 3.92. The number of carbonyl (C=O) groups is 1. The molecule has 22 heavy (non-hydrogen) atoms. The van der Waals surface area contributed by atoms with Gasteiger partial charge in [-0.25, -0.2) is 9.97 Å². The van der Waals surface area contributed by atoms with E-state index in [1.54, 1.807) is 11.3 Å². The second kappa shape index (κ2) is 6.20. The van der Waals surface area contributed by atoms with Crippen LogP contribution in [0.3, 0.4) is 0 Å². The highest BCUT2D eigenvalue weighted by atomic mass is 32.1. The van der Waals surface area contributed by atoms with Gasteiger partial charge >= 0.3 is 5.97 Å². The Balaban J connectivity index is 2.04. The van der Waals surface area contributed by atoms with Crippen molar-refractivity contribution in [2.24, 2.45) is 5.92 Å². The van der Waals surface area contributed by atoms with Crippen LogP contribution < -0.4 is 4.90 Å². The first-order chi connectivity index (χ1) is 10.6. The number of hydrogen-bond donors (Lipinski definition) is 1. The van der Waals surface area contributed by atoms with E-state index in [4.69, 9.17) is 4.98 Å². The van der Waals surface area contributed by atoms with E-state index in [1.165, 1.54) is 4.88 Å². The number of hydrogen-bond acceptors (Lipinski definition) is 5. The Kier molecular flexibility index (Phi) is 4.29. The summed E-state index contributed by atoms with van der Waals surface area (Å²) in [5.41, 5.74) is 0.